The van der Waals surface area contributed by atoms with Gasteiger partial charge in [0.05, 0.1) is 12.7 Å². The van der Waals surface area contributed by atoms with Crippen LogP contribution in [0, 0.1) is 6.92 Å². The number of carbonyl (C=O) groups is 1. The standard InChI is InChI=1S/C20H17N3O2S2/c1-13-7-8-17-16(9-13)15(11-25-17)10-18(24)21-19-22-23-20(27-19)26-12-14-5-3-2-4-6-14/h2-9,11H,10,12H2,1H3,(H,21,22,24). The molecule has 4 rings (SSSR count). The summed E-state index contributed by atoms with van der Waals surface area (Å²) in [6.45, 7) is 2.02. The molecule has 2 aromatic heterocycles. The number of hydrogen-bond donors (Lipinski definition) is 1. The Hall–Kier alpha value is -2.64. The first-order valence-electron chi connectivity index (χ1n) is 8.44. The highest BCUT2D eigenvalue weighted by Gasteiger charge is 2.13. The molecule has 27 heavy (non-hydrogen) atoms. The van der Waals surface area contributed by atoms with Crippen LogP contribution in [0.4, 0.5) is 5.13 Å². The number of rotatable bonds is 6. The van der Waals surface area contributed by atoms with Crippen LogP contribution in [-0.4, -0.2) is 16.1 Å². The smallest absolute Gasteiger partial charge is 0.230 e. The quantitative estimate of drug-likeness (QED) is 0.365. The third-order valence-electron chi connectivity index (χ3n) is 4.02. The molecule has 0 bridgehead atoms. The summed E-state index contributed by atoms with van der Waals surface area (Å²) in [5, 5.41) is 12.5. The van der Waals surface area contributed by atoms with Crippen molar-refractivity contribution in [2.24, 2.45) is 0 Å². The Labute approximate surface area is 164 Å². The summed E-state index contributed by atoms with van der Waals surface area (Å²) in [5.41, 5.74) is 4.02. The minimum Gasteiger partial charge on any atom is -0.464 e. The van der Waals surface area contributed by atoms with Gasteiger partial charge in [0, 0.05) is 16.7 Å². The van der Waals surface area contributed by atoms with Crippen molar-refractivity contribution < 1.29 is 9.21 Å². The molecule has 0 fully saturated rings. The summed E-state index contributed by atoms with van der Waals surface area (Å²) < 4.78 is 6.36. The Bertz CT molecular complexity index is 1070. The number of aromatic nitrogens is 2. The van der Waals surface area contributed by atoms with Gasteiger partial charge in [0.15, 0.2) is 4.34 Å². The fraction of sp³-hybridized carbons (Fsp3) is 0.150. The molecule has 2 heterocycles. The van der Waals surface area contributed by atoms with Crippen molar-refractivity contribution in [1.29, 1.82) is 0 Å². The number of aryl methyl sites for hydroxylation is 1. The Morgan fingerprint density at radius 1 is 1.19 bits per heavy atom. The van der Waals surface area contributed by atoms with Gasteiger partial charge in [-0.15, -0.1) is 10.2 Å². The first kappa shape index (κ1) is 17.8. The molecule has 1 amide bonds. The third-order valence-corrected chi connectivity index (χ3v) is 6.06. The molecule has 0 atom stereocenters. The molecule has 0 saturated heterocycles. The van der Waals surface area contributed by atoms with E-state index in [0.29, 0.717) is 5.13 Å². The SMILES string of the molecule is Cc1ccc2occ(CC(=O)Nc3nnc(SCc4ccccc4)s3)c2c1. The number of amides is 1. The van der Waals surface area contributed by atoms with Crippen molar-refractivity contribution in [1.82, 2.24) is 10.2 Å². The van der Waals surface area contributed by atoms with E-state index < -0.39 is 0 Å². The lowest BCUT2D eigenvalue weighted by Gasteiger charge is -2.00. The first-order valence-corrected chi connectivity index (χ1v) is 10.2. The van der Waals surface area contributed by atoms with E-state index in [4.69, 9.17) is 4.42 Å². The highest BCUT2D eigenvalue weighted by atomic mass is 32.2. The van der Waals surface area contributed by atoms with Gasteiger partial charge >= 0.3 is 0 Å². The van der Waals surface area contributed by atoms with Gasteiger partial charge in [-0.25, -0.2) is 0 Å². The van der Waals surface area contributed by atoms with Crippen LogP contribution in [0.1, 0.15) is 16.7 Å². The maximum Gasteiger partial charge on any atom is 0.230 e. The van der Waals surface area contributed by atoms with Crippen molar-refractivity contribution in [2.75, 3.05) is 5.32 Å². The van der Waals surface area contributed by atoms with Crippen LogP contribution in [0.15, 0.2) is 63.6 Å². The van der Waals surface area contributed by atoms with E-state index in [2.05, 4.69) is 27.6 Å². The zero-order chi connectivity index (χ0) is 18.6. The van der Waals surface area contributed by atoms with E-state index in [-0.39, 0.29) is 12.3 Å². The second-order valence-electron chi connectivity index (χ2n) is 6.13. The molecular weight excluding hydrogens is 378 g/mol. The molecule has 0 aliphatic rings. The molecule has 5 nitrogen and oxygen atoms in total. The van der Waals surface area contributed by atoms with Gasteiger partial charge in [-0.3, -0.25) is 4.79 Å². The summed E-state index contributed by atoms with van der Waals surface area (Å²) in [5.74, 6) is 0.694. The maximum atomic E-state index is 12.4. The molecule has 4 aromatic rings. The van der Waals surface area contributed by atoms with Crippen LogP contribution in [0.3, 0.4) is 0 Å². The summed E-state index contributed by atoms with van der Waals surface area (Å²) >= 11 is 2.99. The van der Waals surface area contributed by atoms with Gasteiger partial charge in [-0.05, 0) is 24.6 Å². The van der Waals surface area contributed by atoms with Gasteiger partial charge in [0.2, 0.25) is 11.0 Å². The number of nitrogens with one attached hydrogen (secondary N) is 1. The summed E-state index contributed by atoms with van der Waals surface area (Å²) in [6, 6.07) is 16.1. The molecule has 0 saturated carbocycles. The fourth-order valence-corrected chi connectivity index (χ4v) is 4.43. The predicted molar refractivity (Wildman–Crippen MR) is 109 cm³/mol. The second-order valence-corrected chi connectivity index (χ2v) is 8.33. The van der Waals surface area contributed by atoms with Crippen molar-refractivity contribution in [3.05, 3.63) is 71.5 Å². The largest absolute Gasteiger partial charge is 0.464 e. The van der Waals surface area contributed by atoms with E-state index in [1.54, 1.807) is 18.0 Å². The number of benzene rings is 2. The van der Waals surface area contributed by atoms with Crippen molar-refractivity contribution in [3.63, 3.8) is 0 Å². The number of nitrogens with zero attached hydrogens (tertiary/aromatic N) is 2. The minimum atomic E-state index is -0.130. The highest BCUT2D eigenvalue weighted by Crippen LogP contribution is 2.28. The normalized spacial score (nSPS) is 11.0. The number of fused-ring (bicyclic) bond motifs is 1. The van der Waals surface area contributed by atoms with Crippen molar-refractivity contribution >= 4 is 45.1 Å². The zero-order valence-corrected chi connectivity index (χ0v) is 16.3. The first-order chi connectivity index (χ1) is 13.2. The van der Waals surface area contributed by atoms with Crippen molar-refractivity contribution in [2.45, 2.75) is 23.4 Å². The van der Waals surface area contributed by atoms with Crippen LogP contribution < -0.4 is 5.32 Å². The molecule has 0 radical (unpaired) electrons. The van der Waals surface area contributed by atoms with E-state index in [0.717, 1.165) is 32.2 Å². The average Bonchev–Trinajstić information content (AvgIpc) is 3.28. The molecule has 1 N–H and O–H groups in total. The lowest BCUT2D eigenvalue weighted by Crippen LogP contribution is -2.14. The monoisotopic (exact) mass is 395 g/mol. The molecule has 0 spiro atoms. The number of carbonyl (C=O) groups excluding carboxylic acids is 1. The number of hydrogen-bond acceptors (Lipinski definition) is 6. The van der Waals surface area contributed by atoms with Crippen LogP contribution >= 0.6 is 23.1 Å². The maximum absolute atomic E-state index is 12.4. The number of anilines is 1. The zero-order valence-electron chi connectivity index (χ0n) is 14.6. The Balaban J connectivity index is 1.37. The third kappa shape index (κ3) is 4.37. The molecular formula is C20H17N3O2S2. The Morgan fingerprint density at radius 3 is 2.89 bits per heavy atom. The second kappa shape index (κ2) is 7.94. The van der Waals surface area contributed by atoms with Gasteiger partial charge < -0.3 is 9.73 Å². The van der Waals surface area contributed by atoms with Crippen LogP contribution in [0.5, 0.6) is 0 Å². The Kier molecular flexibility index (Phi) is 5.22. The lowest BCUT2D eigenvalue weighted by atomic mass is 10.1. The number of thioether (sulfide) groups is 1. The van der Waals surface area contributed by atoms with E-state index in [9.17, 15) is 4.79 Å². The average molecular weight is 396 g/mol. The summed E-state index contributed by atoms with van der Waals surface area (Å²) in [6.07, 6.45) is 1.88. The van der Waals surface area contributed by atoms with Gasteiger partial charge in [0.25, 0.3) is 0 Å². The van der Waals surface area contributed by atoms with Gasteiger partial charge in [0.1, 0.15) is 5.58 Å². The molecule has 0 aliphatic heterocycles. The molecule has 0 unspecified atom stereocenters. The molecule has 7 heteroatoms. The highest BCUT2D eigenvalue weighted by molar-refractivity contribution is 8.00. The molecule has 0 aliphatic carbocycles. The van der Waals surface area contributed by atoms with Crippen LogP contribution in [0.2, 0.25) is 0 Å². The molecule has 2 aromatic carbocycles. The van der Waals surface area contributed by atoms with Crippen molar-refractivity contribution in [3.8, 4) is 0 Å². The molecule has 136 valence electrons. The minimum absolute atomic E-state index is 0.130. The Morgan fingerprint density at radius 2 is 2.04 bits per heavy atom. The van der Waals surface area contributed by atoms with Gasteiger partial charge in [-0.1, -0.05) is 65.1 Å². The lowest BCUT2D eigenvalue weighted by molar-refractivity contribution is -0.115. The topological polar surface area (TPSA) is 68.0 Å². The van der Waals surface area contributed by atoms with Gasteiger partial charge in [-0.2, -0.15) is 0 Å². The summed E-state index contributed by atoms with van der Waals surface area (Å²) in [4.78, 5) is 12.4. The predicted octanol–water partition coefficient (Wildman–Crippen LogP) is 5.07. The van der Waals surface area contributed by atoms with E-state index >= 15 is 0 Å². The van der Waals surface area contributed by atoms with E-state index in [1.807, 2.05) is 43.3 Å². The fourth-order valence-electron chi connectivity index (χ4n) is 2.71. The van der Waals surface area contributed by atoms with Crippen LogP contribution in [-0.2, 0) is 17.0 Å². The number of furan rings is 1. The van der Waals surface area contributed by atoms with E-state index in [1.165, 1.54) is 16.9 Å². The van der Waals surface area contributed by atoms with Crippen LogP contribution in [0.25, 0.3) is 11.0 Å². The summed E-state index contributed by atoms with van der Waals surface area (Å²) in [7, 11) is 0.